The predicted molar refractivity (Wildman–Crippen MR) is 71.1 cm³/mol. The number of hydrogen-bond acceptors (Lipinski definition) is 3. The largest absolute Gasteiger partial charge is 0.323 e. The Morgan fingerprint density at radius 3 is 2.89 bits per heavy atom. The zero-order chi connectivity index (χ0) is 12.5. The Morgan fingerprint density at radius 1 is 1.28 bits per heavy atom. The fourth-order valence-corrected chi connectivity index (χ4v) is 2.59. The standard InChI is InChI=1S/C13H10N2O2S/c16-12-7-15(13(17)9-5-6-18-8-9)11-4-2-1-3-10(11)14-12/h1-6,8H,7H2,(H,14,16). The van der Waals surface area contributed by atoms with E-state index in [2.05, 4.69) is 5.32 Å². The summed E-state index contributed by atoms with van der Waals surface area (Å²) in [6, 6.07) is 9.07. The molecule has 5 heteroatoms. The van der Waals surface area contributed by atoms with Crippen molar-refractivity contribution >= 4 is 34.5 Å². The van der Waals surface area contributed by atoms with Gasteiger partial charge in [0.05, 0.1) is 16.9 Å². The van der Waals surface area contributed by atoms with Crippen molar-refractivity contribution in [3.63, 3.8) is 0 Å². The second-order valence-electron chi connectivity index (χ2n) is 3.97. The van der Waals surface area contributed by atoms with Crippen LogP contribution >= 0.6 is 11.3 Å². The number of hydrogen-bond donors (Lipinski definition) is 1. The highest BCUT2D eigenvalue weighted by Gasteiger charge is 2.27. The fraction of sp³-hybridized carbons (Fsp3) is 0.0769. The Kier molecular flexibility index (Phi) is 2.60. The molecule has 2 aromatic rings. The van der Waals surface area contributed by atoms with E-state index in [9.17, 15) is 9.59 Å². The normalized spacial score (nSPS) is 14.0. The Hall–Kier alpha value is -2.14. The molecule has 1 aliphatic heterocycles. The molecule has 0 unspecified atom stereocenters. The molecule has 1 aliphatic rings. The van der Waals surface area contributed by atoms with Gasteiger partial charge in [0.25, 0.3) is 5.91 Å². The average molecular weight is 258 g/mol. The van der Waals surface area contributed by atoms with Crippen LogP contribution in [-0.2, 0) is 4.79 Å². The first-order chi connectivity index (χ1) is 8.75. The molecule has 0 bridgehead atoms. The third-order valence-corrected chi connectivity index (χ3v) is 3.47. The van der Waals surface area contributed by atoms with Crippen molar-refractivity contribution in [3.05, 3.63) is 46.7 Å². The van der Waals surface area contributed by atoms with E-state index in [1.54, 1.807) is 17.5 Å². The van der Waals surface area contributed by atoms with E-state index in [1.807, 2.05) is 23.6 Å². The molecule has 0 atom stereocenters. The smallest absolute Gasteiger partial charge is 0.259 e. The molecule has 90 valence electrons. The number of carbonyl (C=O) groups excluding carboxylic acids is 2. The number of rotatable bonds is 1. The Morgan fingerprint density at radius 2 is 2.11 bits per heavy atom. The number of nitrogens with one attached hydrogen (secondary N) is 1. The minimum Gasteiger partial charge on any atom is -0.323 e. The molecule has 0 fully saturated rings. The lowest BCUT2D eigenvalue weighted by Gasteiger charge is -2.28. The van der Waals surface area contributed by atoms with Crippen molar-refractivity contribution in [2.45, 2.75) is 0 Å². The summed E-state index contributed by atoms with van der Waals surface area (Å²) >= 11 is 1.47. The molecule has 18 heavy (non-hydrogen) atoms. The molecule has 1 aromatic heterocycles. The number of carbonyl (C=O) groups is 2. The van der Waals surface area contributed by atoms with E-state index in [0.717, 1.165) is 5.69 Å². The quantitative estimate of drug-likeness (QED) is 0.853. The van der Waals surface area contributed by atoms with Crippen LogP contribution in [0.2, 0.25) is 0 Å². The molecule has 0 saturated carbocycles. The summed E-state index contributed by atoms with van der Waals surface area (Å²) in [7, 11) is 0. The third-order valence-electron chi connectivity index (χ3n) is 2.78. The van der Waals surface area contributed by atoms with Crippen LogP contribution in [-0.4, -0.2) is 18.4 Å². The molecule has 0 spiro atoms. The van der Waals surface area contributed by atoms with Crippen molar-refractivity contribution < 1.29 is 9.59 Å². The van der Waals surface area contributed by atoms with Crippen LogP contribution in [0.5, 0.6) is 0 Å². The van der Waals surface area contributed by atoms with Crippen LogP contribution in [0.3, 0.4) is 0 Å². The van der Waals surface area contributed by atoms with Crippen LogP contribution in [0, 0.1) is 0 Å². The lowest BCUT2D eigenvalue weighted by molar-refractivity contribution is -0.115. The van der Waals surface area contributed by atoms with Gasteiger partial charge in [-0.2, -0.15) is 11.3 Å². The highest BCUT2D eigenvalue weighted by molar-refractivity contribution is 7.08. The minimum absolute atomic E-state index is 0.0612. The van der Waals surface area contributed by atoms with Crippen molar-refractivity contribution in [2.24, 2.45) is 0 Å². The number of para-hydroxylation sites is 2. The number of anilines is 2. The molecular formula is C13H10N2O2S. The van der Waals surface area contributed by atoms with Crippen molar-refractivity contribution in [2.75, 3.05) is 16.8 Å². The van der Waals surface area contributed by atoms with Gasteiger partial charge >= 0.3 is 0 Å². The van der Waals surface area contributed by atoms with Gasteiger partial charge in [-0.15, -0.1) is 0 Å². The highest BCUT2D eigenvalue weighted by Crippen LogP contribution is 2.30. The molecule has 1 N–H and O–H groups in total. The van der Waals surface area contributed by atoms with Crippen LogP contribution in [0.4, 0.5) is 11.4 Å². The second kappa shape index (κ2) is 4.27. The molecule has 2 heterocycles. The molecule has 1 aromatic carbocycles. The Labute approximate surface area is 108 Å². The summed E-state index contributed by atoms with van der Waals surface area (Å²) in [6.07, 6.45) is 0. The van der Waals surface area contributed by atoms with Gasteiger partial charge in [-0.25, -0.2) is 0 Å². The molecule has 0 saturated heterocycles. The Balaban J connectivity index is 2.03. The summed E-state index contributed by atoms with van der Waals surface area (Å²) in [5.74, 6) is -0.309. The predicted octanol–water partition coefficient (Wildman–Crippen LogP) is 2.35. The number of amides is 2. The average Bonchev–Trinajstić information content (AvgIpc) is 2.90. The zero-order valence-corrected chi connectivity index (χ0v) is 10.2. The van der Waals surface area contributed by atoms with Gasteiger partial charge in [0.15, 0.2) is 0 Å². The van der Waals surface area contributed by atoms with Crippen LogP contribution in [0.15, 0.2) is 41.1 Å². The molecule has 0 radical (unpaired) electrons. The topological polar surface area (TPSA) is 49.4 Å². The summed E-state index contributed by atoms with van der Waals surface area (Å²) in [4.78, 5) is 25.4. The van der Waals surface area contributed by atoms with E-state index in [1.165, 1.54) is 16.2 Å². The lowest BCUT2D eigenvalue weighted by Crippen LogP contribution is -2.42. The van der Waals surface area contributed by atoms with Gasteiger partial charge < -0.3 is 5.32 Å². The maximum Gasteiger partial charge on any atom is 0.259 e. The van der Waals surface area contributed by atoms with E-state index < -0.39 is 0 Å². The van der Waals surface area contributed by atoms with Crippen LogP contribution < -0.4 is 10.2 Å². The SMILES string of the molecule is O=C1CN(C(=O)c2ccsc2)c2ccccc2N1. The summed E-state index contributed by atoms with van der Waals surface area (Å²) in [5.41, 5.74) is 2.04. The number of thiophene rings is 1. The van der Waals surface area contributed by atoms with E-state index in [4.69, 9.17) is 0 Å². The first kappa shape index (κ1) is 11.0. The van der Waals surface area contributed by atoms with Gasteiger partial charge in [0.1, 0.15) is 6.54 Å². The zero-order valence-electron chi connectivity index (χ0n) is 9.42. The van der Waals surface area contributed by atoms with Gasteiger partial charge in [0.2, 0.25) is 5.91 Å². The third kappa shape index (κ3) is 1.78. The molecule has 0 aliphatic carbocycles. The van der Waals surface area contributed by atoms with E-state index in [0.29, 0.717) is 11.3 Å². The highest BCUT2D eigenvalue weighted by atomic mass is 32.1. The van der Waals surface area contributed by atoms with Gasteiger partial charge in [0, 0.05) is 5.38 Å². The number of fused-ring (bicyclic) bond motifs is 1. The van der Waals surface area contributed by atoms with Gasteiger partial charge in [-0.1, -0.05) is 12.1 Å². The minimum atomic E-state index is -0.169. The monoisotopic (exact) mass is 258 g/mol. The summed E-state index contributed by atoms with van der Waals surface area (Å²) in [5, 5.41) is 6.40. The second-order valence-corrected chi connectivity index (χ2v) is 4.75. The number of benzene rings is 1. The van der Waals surface area contributed by atoms with Crippen molar-refractivity contribution in [1.29, 1.82) is 0 Å². The summed E-state index contributed by atoms with van der Waals surface area (Å²) in [6.45, 7) is 0.0612. The fourth-order valence-electron chi connectivity index (χ4n) is 1.96. The molecule has 3 rings (SSSR count). The van der Waals surface area contributed by atoms with Crippen molar-refractivity contribution in [3.8, 4) is 0 Å². The summed E-state index contributed by atoms with van der Waals surface area (Å²) < 4.78 is 0. The van der Waals surface area contributed by atoms with Crippen molar-refractivity contribution in [1.82, 2.24) is 0 Å². The first-order valence-corrected chi connectivity index (χ1v) is 6.43. The first-order valence-electron chi connectivity index (χ1n) is 5.48. The molecule has 2 amide bonds. The van der Waals surface area contributed by atoms with Crippen LogP contribution in [0.1, 0.15) is 10.4 Å². The van der Waals surface area contributed by atoms with Crippen LogP contribution in [0.25, 0.3) is 0 Å². The van der Waals surface area contributed by atoms with Gasteiger partial charge in [-0.05, 0) is 23.6 Å². The van der Waals surface area contributed by atoms with E-state index >= 15 is 0 Å². The molecule has 4 nitrogen and oxygen atoms in total. The Bertz CT molecular complexity index is 607. The molecular weight excluding hydrogens is 248 g/mol. The maximum atomic E-state index is 12.3. The van der Waals surface area contributed by atoms with E-state index in [-0.39, 0.29) is 18.4 Å². The van der Waals surface area contributed by atoms with Gasteiger partial charge in [-0.3, -0.25) is 14.5 Å². The lowest BCUT2D eigenvalue weighted by atomic mass is 10.1. The number of nitrogens with zero attached hydrogens (tertiary/aromatic N) is 1. The maximum absolute atomic E-state index is 12.3.